The predicted octanol–water partition coefficient (Wildman–Crippen LogP) is 0.130. The van der Waals surface area contributed by atoms with E-state index in [0.717, 1.165) is 0 Å². The Morgan fingerprint density at radius 3 is 1.38 bits per heavy atom. The lowest BCUT2D eigenvalue weighted by molar-refractivity contribution is -0.526. The van der Waals surface area contributed by atoms with Crippen LogP contribution in [-0.2, 0) is 28.4 Å². The van der Waals surface area contributed by atoms with E-state index < -0.39 is 12.6 Å². The second kappa shape index (κ2) is 6.25. The molecule has 0 aromatic carbocycles. The van der Waals surface area contributed by atoms with Gasteiger partial charge in [0, 0.05) is 35.5 Å². The zero-order valence-corrected chi connectivity index (χ0v) is 8.53. The molecule has 0 saturated carbocycles. The SMILES string of the molecule is COC(OC)OC(OC)(OC)OC. The van der Waals surface area contributed by atoms with E-state index in [-0.39, 0.29) is 0 Å². The van der Waals surface area contributed by atoms with Gasteiger partial charge in [0.2, 0.25) is 0 Å². The zero-order chi connectivity index (χ0) is 10.3. The summed E-state index contributed by atoms with van der Waals surface area (Å²) in [6.07, 6.45) is -1.60. The van der Waals surface area contributed by atoms with Crippen LogP contribution in [-0.4, -0.2) is 48.2 Å². The first-order valence-corrected chi connectivity index (χ1v) is 3.56. The Kier molecular flexibility index (Phi) is 6.13. The summed E-state index contributed by atoms with van der Waals surface area (Å²) in [5, 5.41) is 0. The molecule has 6 heteroatoms. The van der Waals surface area contributed by atoms with Gasteiger partial charge in [0.15, 0.2) is 0 Å². The molecule has 0 bridgehead atoms. The lowest BCUT2D eigenvalue weighted by Crippen LogP contribution is -2.43. The molecule has 6 nitrogen and oxygen atoms in total. The summed E-state index contributed by atoms with van der Waals surface area (Å²) < 4.78 is 29.2. The second-order valence-corrected chi connectivity index (χ2v) is 1.99. The van der Waals surface area contributed by atoms with Crippen molar-refractivity contribution in [3.05, 3.63) is 0 Å². The quantitative estimate of drug-likeness (QED) is 0.539. The molecule has 0 atom stereocenters. The van der Waals surface area contributed by atoms with Crippen molar-refractivity contribution in [2.75, 3.05) is 35.5 Å². The Morgan fingerprint density at radius 2 is 1.15 bits per heavy atom. The molecule has 80 valence electrons. The first-order chi connectivity index (χ1) is 6.17. The summed E-state index contributed by atoms with van der Waals surface area (Å²) in [5.41, 5.74) is 0. The van der Waals surface area contributed by atoms with E-state index >= 15 is 0 Å². The monoisotopic (exact) mass is 196 g/mol. The molecule has 0 saturated heterocycles. The van der Waals surface area contributed by atoms with Crippen LogP contribution >= 0.6 is 0 Å². The largest absolute Gasteiger partial charge is 0.415 e. The maximum absolute atomic E-state index is 5.07. The highest BCUT2D eigenvalue weighted by atomic mass is 17.1. The van der Waals surface area contributed by atoms with Crippen LogP contribution in [0.25, 0.3) is 0 Å². The molecule has 0 aliphatic heterocycles. The van der Waals surface area contributed by atoms with Gasteiger partial charge in [-0.3, -0.25) is 0 Å². The van der Waals surface area contributed by atoms with Gasteiger partial charge in [-0.15, -0.1) is 0 Å². The molecule has 0 aliphatic carbocycles. The lowest BCUT2D eigenvalue weighted by atomic mass is 11.0. The van der Waals surface area contributed by atoms with Crippen LogP contribution in [0.4, 0.5) is 0 Å². The van der Waals surface area contributed by atoms with Crippen LogP contribution in [0.3, 0.4) is 0 Å². The molecule has 0 heterocycles. The van der Waals surface area contributed by atoms with Crippen molar-refractivity contribution in [1.29, 1.82) is 0 Å². The highest BCUT2D eigenvalue weighted by Crippen LogP contribution is 2.16. The molecule has 0 amide bonds. The van der Waals surface area contributed by atoms with E-state index in [2.05, 4.69) is 0 Å². The van der Waals surface area contributed by atoms with Gasteiger partial charge in [-0.1, -0.05) is 0 Å². The van der Waals surface area contributed by atoms with Crippen LogP contribution in [0.1, 0.15) is 0 Å². The molecular weight excluding hydrogens is 180 g/mol. The van der Waals surface area contributed by atoms with E-state index in [1.54, 1.807) is 0 Å². The van der Waals surface area contributed by atoms with Crippen LogP contribution in [0.5, 0.6) is 0 Å². The fourth-order valence-corrected chi connectivity index (χ4v) is 0.705. The topological polar surface area (TPSA) is 55.4 Å². The average molecular weight is 196 g/mol. The Labute approximate surface area is 77.6 Å². The van der Waals surface area contributed by atoms with Crippen molar-refractivity contribution in [3.8, 4) is 0 Å². The minimum Gasteiger partial charge on any atom is -0.333 e. The molecule has 0 N–H and O–H groups in total. The van der Waals surface area contributed by atoms with Crippen molar-refractivity contribution in [2.45, 2.75) is 12.6 Å². The summed E-state index contributed by atoms with van der Waals surface area (Å²) in [5.74, 6) is 0. The van der Waals surface area contributed by atoms with E-state index in [9.17, 15) is 0 Å². The molecule has 0 radical (unpaired) electrons. The number of rotatable bonds is 7. The standard InChI is InChI=1S/C7H16O6/c1-8-6(9-2)13-7(10-3,11-4)12-5/h6H,1-5H3. The van der Waals surface area contributed by atoms with Gasteiger partial charge >= 0.3 is 6.16 Å². The van der Waals surface area contributed by atoms with Gasteiger partial charge in [0.25, 0.3) is 6.48 Å². The van der Waals surface area contributed by atoms with Gasteiger partial charge < -0.3 is 23.7 Å². The molecule has 0 aliphatic rings. The van der Waals surface area contributed by atoms with Gasteiger partial charge in [-0.05, 0) is 0 Å². The minimum absolute atomic E-state index is 0.917. The summed E-state index contributed by atoms with van der Waals surface area (Å²) in [4.78, 5) is 0. The van der Waals surface area contributed by atoms with Crippen molar-refractivity contribution in [2.24, 2.45) is 0 Å². The normalized spacial score (nSPS) is 12.5. The van der Waals surface area contributed by atoms with Crippen molar-refractivity contribution >= 4 is 0 Å². The van der Waals surface area contributed by atoms with E-state index in [4.69, 9.17) is 28.4 Å². The van der Waals surface area contributed by atoms with Gasteiger partial charge in [0.05, 0.1) is 0 Å². The smallest absolute Gasteiger partial charge is 0.333 e. The van der Waals surface area contributed by atoms with Crippen LogP contribution in [0.2, 0.25) is 0 Å². The third-order valence-corrected chi connectivity index (χ3v) is 1.38. The predicted molar refractivity (Wildman–Crippen MR) is 42.6 cm³/mol. The Bertz CT molecular complexity index is 112. The zero-order valence-electron chi connectivity index (χ0n) is 8.53. The van der Waals surface area contributed by atoms with Gasteiger partial charge in [-0.25, -0.2) is 4.74 Å². The first-order valence-electron chi connectivity index (χ1n) is 3.56. The summed E-state index contributed by atoms with van der Waals surface area (Å²) in [7, 11) is 6.94. The summed E-state index contributed by atoms with van der Waals surface area (Å²) >= 11 is 0. The number of hydrogen-bond acceptors (Lipinski definition) is 6. The van der Waals surface area contributed by atoms with Crippen LogP contribution < -0.4 is 0 Å². The minimum atomic E-state index is -1.60. The maximum atomic E-state index is 5.07. The fourth-order valence-electron chi connectivity index (χ4n) is 0.705. The number of ether oxygens (including phenoxy) is 6. The third kappa shape index (κ3) is 3.55. The lowest BCUT2D eigenvalue weighted by Gasteiger charge is -2.30. The van der Waals surface area contributed by atoms with Crippen LogP contribution in [0, 0.1) is 0 Å². The van der Waals surface area contributed by atoms with E-state index in [1.807, 2.05) is 0 Å². The van der Waals surface area contributed by atoms with E-state index in [0.29, 0.717) is 0 Å². The van der Waals surface area contributed by atoms with Crippen molar-refractivity contribution < 1.29 is 28.4 Å². The summed E-state index contributed by atoms with van der Waals surface area (Å²) in [6.45, 7) is -0.917. The Hall–Kier alpha value is -0.240. The van der Waals surface area contributed by atoms with Gasteiger partial charge in [-0.2, -0.15) is 0 Å². The third-order valence-electron chi connectivity index (χ3n) is 1.38. The average Bonchev–Trinajstić information content (AvgIpc) is 2.21. The molecule has 0 fully saturated rings. The van der Waals surface area contributed by atoms with Gasteiger partial charge in [0.1, 0.15) is 0 Å². The molecule has 0 spiro atoms. The molecule has 0 aromatic rings. The summed E-state index contributed by atoms with van der Waals surface area (Å²) in [6, 6.07) is 0. The molecular formula is C7H16O6. The molecule has 0 unspecified atom stereocenters. The van der Waals surface area contributed by atoms with Crippen molar-refractivity contribution in [1.82, 2.24) is 0 Å². The highest BCUT2D eigenvalue weighted by molar-refractivity contribution is 4.35. The number of methoxy groups -OCH3 is 5. The molecule has 0 rings (SSSR count). The maximum Gasteiger partial charge on any atom is 0.415 e. The van der Waals surface area contributed by atoms with E-state index in [1.165, 1.54) is 35.5 Å². The molecule has 0 aromatic heterocycles. The Balaban J connectivity index is 4.21. The van der Waals surface area contributed by atoms with Crippen molar-refractivity contribution in [3.63, 3.8) is 0 Å². The van der Waals surface area contributed by atoms with Crippen LogP contribution in [0.15, 0.2) is 0 Å². The second-order valence-electron chi connectivity index (χ2n) is 1.99. The first kappa shape index (κ1) is 12.8. The number of hydrogen-bond donors (Lipinski definition) is 0. The highest BCUT2D eigenvalue weighted by Gasteiger charge is 2.35. The molecule has 13 heavy (non-hydrogen) atoms. The Morgan fingerprint density at radius 1 is 0.769 bits per heavy atom. The fraction of sp³-hybridized carbons (Fsp3) is 1.00.